The van der Waals surface area contributed by atoms with Crippen molar-refractivity contribution < 1.29 is 9.21 Å². The molecule has 7 heteroatoms. The SMILES string of the molecule is CCn1cc(NC(=O)NC[C@@H](c2ccco2)N(C)C)cn1. The predicted molar refractivity (Wildman–Crippen MR) is 80.1 cm³/mol. The molecule has 114 valence electrons. The number of likely N-dealkylation sites (N-methyl/N-ethyl adjacent to an activating group) is 1. The molecule has 0 saturated carbocycles. The molecule has 2 N–H and O–H groups in total. The van der Waals surface area contributed by atoms with Gasteiger partial charge in [-0.25, -0.2) is 4.79 Å². The van der Waals surface area contributed by atoms with Crippen LogP contribution in [0.4, 0.5) is 10.5 Å². The van der Waals surface area contributed by atoms with Crippen LogP contribution in [0.3, 0.4) is 0 Å². The fourth-order valence-corrected chi connectivity index (χ4v) is 1.98. The lowest BCUT2D eigenvalue weighted by Crippen LogP contribution is -2.36. The van der Waals surface area contributed by atoms with Gasteiger partial charge in [0, 0.05) is 19.3 Å². The van der Waals surface area contributed by atoms with Crippen molar-refractivity contribution in [3.63, 3.8) is 0 Å². The minimum atomic E-state index is -0.260. The van der Waals surface area contributed by atoms with Crippen LogP contribution in [-0.4, -0.2) is 41.4 Å². The number of carbonyl (C=O) groups is 1. The number of amides is 2. The summed E-state index contributed by atoms with van der Waals surface area (Å²) >= 11 is 0. The molecule has 0 aliphatic rings. The van der Waals surface area contributed by atoms with Crippen molar-refractivity contribution in [3.8, 4) is 0 Å². The molecule has 2 rings (SSSR count). The first-order chi connectivity index (χ1) is 10.1. The summed E-state index contributed by atoms with van der Waals surface area (Å²) in [5.41, 5.74) is 0.675. The zero-order chi connectivity index (χ0) is 15.2. The number of aromatic nitrogens is 2. The molecule has 0 saturated heterocycles. The van der Waals surface area contributed by atoms with E-state index in [1.807, 2.05) is 38.1 Å². The van der Waals surface area contributed by atoms with Gasteiger partial charge in [-0.1, -0.05) is 0 Å². The zero-order valence-corrected chi connectivity index (χ0v) is 12.5. The minimum absolute atomic E-state index is 0.0101. The van der Waals surface area contributed by atoms with E-state index in [9.17, 15) is 4.79 Å². The lowest BCUT2D eigenvalue weighted by molar-refractivity contribution is 0.233. The number of aryl methyl sites for hydroxylation is 1. The molecule has 7 nitrogen and oxygen atoms in total. The van der Waals surface area contributed by atoms with Gasteiger partial charge in [0.25, 0.3) is 0 Å². The molecule has 2 amide bonds. The van der Waals surface area contributed by atoms with Gasteiger partial charge in [0.15, 0.2) is 0 Å². The van der Waals surface area contributed by atoms with Gasteiger partial charge in [0.1, 0.15) is 5.76 Å². The second-order valence-electron chi connectivity index (χ2n) is 4.91. The van der Waals surface area contributed by atoms with Gasteiger partial charge in [-0.2, -0.15) is 5.10 Å². The largest absolute Gasteiger partial charge is 0.468 e. The Morgan fingerprint density at radius 1 is 1.52 bits per heavy atom. The van der Waals surface area contributed by atoms with Crippen LogP contribution in [0.2, 0.25) is 0 Å². The Morgan fingerprint density at radius 2 is 2.33 bits per heavy atom. The van der Waals surface area contributed by atoms with Crippen molar-refractivity contribution in [2.24, 2.45) is 0 Å². The number of nitrogens with zero attached hydrogens (tertiary/aromatic N) is 3. The quantitative estimate of drug-likeness (QED) is 0.852. The molecule has 21 heavy (non-hydrogen) atoms. The molecule has 0 aliphatic carbocycles. The molecular formula is C14H21N5O2. The van der Waals surface area contributed by atoms with E-state index < -0.39 is 0 Å². The Bertz CT molecular complexity index is 562. The van der Waals surface area contributed by atoms with Crippen LogP contribution in [0.15, 0.2) is 35.2 Å². The van der Waals surface area contributed by atoms with Crippen molar-refractivity contribution in [1.29, 1.82) is 0 Å². The molecule has 0 aliphatic heterocycles. The maximum absolute atomic E-state index is 11.9. The molecule has 0 unspecified atom stereocenters. The third-order valence-corrected chi connectivity index (χ3v) is 3.17. The Labute approximate surface area is 123 Å². The molecule has 2 aromatic rings. The number of hydrogen-bond donors (Lipinski definition) is 2. The van der Waals surface area contributed by atoms with Crippen LogP contribution in [-0.2, 0) is 6.54 Å². The Kier molecular flexibility index (Phi) is 4.99. The molecule has 0 spiro atoms. The van der Waals surface area contributed by atoms with E-state index in [0.717, 1.165) is 12.3 Å². The van der Waals surface area contributed by atoms with E-state index in [2.05, 4.69) is 15.7 Å². The van der Waals surface area contributed by atoms with Crippen LogP contribution in [0.25, 0.3) is 0 Å². The molecule has 0 bridgehead atoms. The standard InChI is InChI=1S/C14H21N5O2/c1-4-19-10-11(8-16-19)17-14(20)15-9-12(18(2)3)13-6-5-7-21-13/h5-8,10,12H,4,9H2,1-3H3,(H2,15,17,20)/t12-/m0/s1. The lowest BCUT2D eigenvalue weighted by atomic mass is 10.2. The highest BCUT2D eigenvalue weighted by molar-refractivity contribution is 5.88. The molecule has 2 aromatic heterocycles. The average Bonchev–Trinajstić information content (AvgIpc) is 3.10. The number of hydrogen-bond acceptors (Lipinski definition) is 4. The third kappa shape index (κ3) is 4.09. The van der Waals surface area contributed by atoms with Crippen molar-refractivity contribution in [2.45, 2.75) is 19.5 Å². The third-order valence-electron chi connectivity index (χ3n) is 3.17. The second-order valence-corrected chi connectivity index (χ2v) is 4.91. The van der Waals surface area contributed by atoms with E-state index in [1.165, 1.54) is 0 Å². The van der Waals surface area contributed by atoms with Gasteiger partial charge >= 0.3 is 6.03 Å². The Balaban J connectivity index is 1.87. The average molecular weight is 291 g/mol. The normalized spacial score (nSPS) is 12.4. The Hall–Kier alpha value is -2.28. The topological polar surface area (TPSA) is 75.3 Å². The summed E-state index contributed by atoms with van der Waals surface area (Å²) in [6.45, 7) is 3.21. The number of furan rings is 1. The second kappa shape index (κ2) is 6.94. The number of carbonyl (C=O) groups excluding carboxylic acids is 1. The number of urea groups is 1. The van der Waals surface area contributed by atoms with Gasteiger partial charge in [-0.05, 0) is 33.2 Å². The van der Waals surface area contributed by atoms with Crippen molar-refractivity contribution in [2.75, 3.05) is 26.0 Å². The van der Waals surface area contributed by atoms with Gasteiger partial charge in [0.2, 0.25) is 0 Å². The van der Waals surface area contributed by atoms with E-state index in [0.29, 0.717) is 12.2 Å². The highest BCUT2D eigenvalue weighted by atomic mass is 16.3. The summed E-state index contributed by atoms with van der Waals surface area (Å²) in [4.78, 5) is 13.9. The van der Waals surface area contributed by atoms with Crippen LogP contribution in [0, 0.1) is 0 Å². The molecular weight excluding hydrogens is 270 g/mol. The van der Waals surface area contributed by atoms with Gasteiger partial charge in [-0.3, -0.25) is 9.58 Å². The van der Waals surface area contributed by atoms with Gasteiger partial charge in [0.05, 0.1) is 24.2 Å². The van der Waals surface area contributed by atoms with Gasteiger partial charge < -0.3 is 15.1 Å². The highest BCUT2D eigenvalue weighted by Gasteiger charge is 2.17. The van der Waals surface area contributed by atoms with Crippen LogP contribution in [0.5, 0.6) is 0 Å². The van der Waals surface area contributed by atoms with Gasteiger partial charge in [-0.15, -0.1) is 0 Å². The summed E-state index contributed by atoms with van der Waals surface area (Å²) in [7, 11) is 3.89. The maximum Gasteiger partial charge on any atom is 0.319 e. The Morgan fingerprint density at radius 3 is 2.90 bits per heavy atom. The summed E-state index contributed by atoms with van der Waals surface area (Å²) in [6, 6.07) is 3.47. The van der Waals surface area contributed by atoms with E-state index in [-0.39, 0.29) is 12.1 Å². The van der Waals surface area contributed by atoms with Crippen LogP contribution < -0.4 is 10.6 Å². The zero-order valence-electron chi connectivity index (χ0n) is 12.5. The first kappa shape index (κ1) is 15.1. The van der Waals surface area contributed by atoms with Crippen molar-refractivity contribution in [3.05, 3.63) is 36.5 Å². The number of rotatable bonds is 6. The highest BCUT2D eigenvalue weighted by Crippen LogP contribution is 2.17. The maximum atomic E-state index is 11.9. The predicted octanol–water partition coefficient (Wildman–Crippen LogP) is 1.92. The summed E-state index contributed by atoms with van der Waals surface area (Å²) in [5, 5.41) is 9.70. The monoisotopic (exact) mass is 291 g/mol. The number of anilines is 1. The number of nitrogens with one attached hydrogen (secondary N) is 2. The van der Waals surface area contributed by atoms with Crippen LogP contribution >= 0.6 is 0 Å². The minimum Gasteiger partial charge on any atom is -0.468 e. The van der Waals surface area contributed by atoms with E-state index >= 15 is 0 Å². The van der Waals surface area contributed by atoms with Crippen LogP contribution in [0.1, 0.15) is 18.7 Å². The fourth-order valence-electron chi connectivity index (χ4n) is 1.98. The summed E-state index contributed by atoms with van der Waals surface area (Å²) < 4.78 is 7.15. The smallest absolute Gasteiger partial charge is 0.319 e. The lowest BCUT2D eigenvalue weighted by Gasteiger charge is -2.22. The first-order valence-corrected chi connectivity index (χ1v) is 6.87. The summed E-state index contributed by atoms with van der Waals surface area (Å²) in [5.74, 6) is 0.819. The fraction of sp³-hybridized carbons (Fsp3) is 0.429. The van der Waals surface area contributed by atoms with E-state index in [4.69, 9.17) is 4.42 Å². The van der Waals surface area contributed by atoms with E-state index in [1.54, 1.807) is 23.3 Å². The molecule has 0 fully saturated rings. The van der Waals surface area contributed by atoms with Crippen molar-refractivity contribution in [1.82, 2.24) is 20.0 Å². The van der Waals surface area contributed by atoms with Crippen molar-refractivity contribution >= 4 is 11.7 Å². The molecule has 0 aromatic carbocycles. The summed E-state index contributed by atoms with van der Waals surface area (Å²) in [6.07, 6.45) is 5.04. The molecule has 0 radical (unpaired) electrons. The first-order valence-electron chi connectivity index (χ1n) is 6.87. The molecule has 1 atom stereocenters. The molecule has 2 heterocycles.